The summed E-state index contributed by atoms with van der Waals surface area (Å²) in [5, 5.41) is 5.90. The van der Waals surface area contributed by atoms with E-state index in [9.17, 15) is 4.79 Å². The lowest BCUT2D eigenvalue weighted by molar-refractivity contribution is -0.121. The standard InChI is InChI=1S/C24H22BrN3O3S2/c1-15(27-23(29)12-18-14-32-24(28-18)21-5-6-22(25)33-21)17-3-4-19(20(11-17)30-2)31-13-16-7-9-26-10-8-16/h3-11,14-15H,12-13H2,1-2H3,(H,27,29). The average molecular weight is 544 g/mol. The van der Waals surface area contributed by atoms with Crippen LogP contribution in [0.5, 0.6) is 11.5 Å². The number of halogens is 1. The number of benzene rings is 1. The summed E-state index contributed by atoms with van der Waals surface area (Å²) < 4.78 is 12.5. The number of nitrogens with zero attached hydrogens (tertiary/aromatic N) is 2. The third kappa shape index (κ3) is 6.19. The van der Waals surface area contributed by atoms with Crippen molar-refractivity contribution in [3.63, 3.8) is 0 Å². The van der Waals surface area contributed by atoms with Gasteiger partial charge >= 0.3 is 0 Å². The summed E-state index contributed by atoms with van der Waals surface area (Å²) in [6.07, 6.45) is 3.70. The molecular weight excluding hydrogens is 522 g/mol. The number of rotatable bonds is 9. The number of hydrogen-bond acceptors (Lipinski definition) is 7. The van der Waals surface area contributed by atoms with Gasteiger partial charge in [0, 0.05) is 17.8 Å². The van der Waals surface area contributed by atoms with E-state index in [0.717, 1.165) is 30.5 Å². The Morgan fingerprint density at radius 1 is 1.15 bits per heavy atom. The van der Waals surface area contributed by atoms with Gasteiger partial charge in [-0.2, -0.15) is 0 Å². The van der Waals surface area contributed by atoms with E-state index in [0.29, 0.717) is 18.1 Å². The second-order valence-electron chi connectivity index (χ2n) is 7.27. The number of thiophene rings is 1. The highest BCUT2D eigenvalue weighted by molar-refractivity contribution is 9.11. The molecule has 1 unspecified atom stereocenters. The Morgan fingerprint density at radius 2 is 1.97 bits per heavy atom. The number of ether oxygens (including phenoxy) is 2. The van der Waals surface area contributed by atoms with Gasteiger partial charge in [-0.3, -0.25) is 9.78 Å². The lowest BCUT2D eigenvalue weighted by Gasteiger charge is -2.17. The van der Waals surface area contributed by atoms with Crippen LogP contribution in [0.3, 0.4) is 0 Å². The van der Waals surface area contributed by atoms with Crippen LogP contribution in [0.2, 0.25) is 0 Å². The molecule has 4 rings (SSSR count). The summed E-state index contributed by atoms with van der Waals surface area (Å²) in [5.74, 6) is 1.18. The van der Waals surface area contributed by atoms with E-state index in [1.54, 1.807) is 42.2 Å². The molecule has 1 atom stereocenters. The third-order valence-corrected chi connectivity index (χ3v) is 7.57. The Bertz CT molecular complexity index is 1230. The van der Waals surface area contributed by atoms with Gasteiger partial charge in [0.1, 0.15) is 11.6 Å². The maximum absolute atomic E-state index is 12.6. The van der Waals surface area contributed by atoms with Crippen LogP contribution in [0.4, 0.5) is 0 Å². The molecule has 1 amide bonds. The maximum Gasteiger partial charge on any atom is 0.226 e. The zero-order chi connectivity index (χ0) is 23.2. The van der Waals surface area contributed by atoms with Crippen LogP contribution in [0.15, 0.2) is 64.0 Å². The minimum Gasteiger partial charge on any atom is -0.493 e. The summed E-state index contributed by atoms with van der Waals surface area (Å²) in [6, 6.07) is 13.3. The van der Waals surface area contributed by atoms with Gasteiger partial charge in [0.2, 0.25) is 5.91 Å². The molecule has 0 fully saturated rings. The van der Waals surface area contributed by atoms with E-state index in [2.05, 4.69) is 31.2 Å². The molecule has 6 nitrogen and oxygen atoms in total. The highest BCUT2D eigenvalue weighted by Gasteiger charge is 2.15. The highest BCUT2D eigenvalue weighted by Crippen LogP contribution is 2.33. The number of hydrogen-bond donors (Lipinski definition) is 1. The summed E-state index contributed by atoms with van der Waals surface area (Å²) >= 11 is 6.65. The third-order valence-electron chi connectivity index (χ3n) is 4.89. The average Bonchev–Trinajstić information content (AvgIpc) is 3.47. The first-order valence-electron chi connectivity index (χ1n) is 10.2. The smallest absolute Gasteiger partial charge is 0.226 e. The van der Waals surface area contributed by atoms with Crippen LogP contribution in [0.1, 0.15) is 29.8 Å². The second kappa shape index (κ2) is 10.9. The Labute approximate surface area is 208 Å². The topological polar surface area (TPSA) is 73.3 Å². The van der Waals surface area contributed by atoms with Crippen molar-refractivity contribution in [2.24, 2.45) is 0 Å². The van der Waals surface area contributed by atoms with Crippen LogP contribution in [0, 0.1) is 0 Å². The molecule has 1 N–H and O–H groups in total. The first-order chi connectivity index (χ1) is 16.0. The van der Waals surface area contributed by atoms with Crippen LogP contribution < -0.4 is 14.8 Å². The summed E-state index contributed by atoms with van der Waals surface area (Å²) in [6.45, 7) is 2.36. The lowest BCUT2D eigenvalue weighted by atomic mass is 10.1. The summed E-state index contributed by atoms with van der Waals surface area (Å²) in [7, 11) is 1.60. The molecule has 1 aromatic carbocycles. The normalized spacial score (nSPS) is 11.7. The fraction of sp³-hybridized carbons (Fsp3) is 0.208. The van der Waals surface area contributed by atoms with Gasteiger partial charge in [0.25, 0.3) is 0 Å². The Balaban J connectivity index is 1.36. The number of aromatic nitrogens is 2. The van der Waals surface area contributed by atoms with E-state index >= 15 is 0 Å². The van der Waals surface area contributed by atoms with Crippen LogP contribution in [-0.2, 0) is 17.8 Å². The quantitative estimate of drug-likeness (QED) is 0.278. The van der Waals surface area contributed by atoms with Gasteiger partial charge in [0.05, 0.1) is 33.9 Å². The molecule has 4 aromatic rings. The number of carbonyl (C=O) groups excluding carboxylic acids is 1. The van der Waals surface area contributed by atoms with Crippen molar-refractivity contribution in [1.29, 1.82) is 0 Å². The Hall–Kier alpha value is -2.75. The first-order valence-corrected chi connectivity index (χ1v) is 12.7. The minimum atomic E-state index is -0.188. The molecule has 170 valence electrons. The number of amides is 1. The van der Waals surface area contributed by atoms with Crippen molar-refractivity contribution in [2.45, 2.75) is 26.0 Å². The van der Waals surface area contributed by atoms with Crippen molar-refractivity contribution < 1.29 is 14.3 Å². The number of pyridine rings is 1. The Kier molecular flexibility index (Phi) is 7.74. The Morgan fingerprint density at radius 3 is 2.70 bits per heavy atom. The second-order valence-corrected chi connectivity index (χ2v) is 10.6. The van der Waals surface area contributed by atoms with Crippen molar-refractivity contribution >= 4 is 44.5 Å². The molecule has 3 aromatic heterocycles. The van der Waals surface area contributed by atoms with Crippen molar-refractivity contribution in [3.05, 3.63) is 80.8 Å². The van der Waals surface area contributed by atoms with Gasteiger partial charge in [-0.1, -0.05) is 6.07 Å². The minimum absolute atomic E-state index is 0.0799. The SMILES string of the molecule is COc1cc(C(C)NC(=O)Cc2csc(-c3ccc(Br)s3)n2)ccc1OCc1ccncc1. The number of carbonyl (C=O) groups is 1. The first kappa shape index (κ1) is 23.4. The lowest BCUT2D eigenvalue weighted by Crippen LogP contribution is -2.28. The van der Waals surface area contributed by atoms with E-state index in [1.807, 2.05) is 54.8 Å². The number of methoxy groups -OCH3 is 1. The van der Waals surface area contributed by atoms with Gasteiger partial charge in [-0.05, 0) is 70.4 Å². The molecule has 0 saturated carbocycles. The van der Waals surface area contributed by atoms with Gasteiger partial charge < -0.3 is 14.8 Å². The van der Waals surface area contributed by atoms with Crippen LogP contribution in [0.25, 0.3) is 9.88 Å². The molecule has 0 saturated heterocycles. The number of thiazole rings is 1. The van der Waals surface area contributed by atoms with Gasteiger partial charge in [-0.25, -0.2) is 4.98 Å². The van der Waals surface area contributed by atoms with E-state index < -0.39 is 0 Å². The van der Waals surface area contributed by atoms with E-state index in [-0.39, 0.29) is 18.4 Å². The molecule has 0 bridgehead atoms. The van der Waals surface area contributed by atoms with E-state index in [1.165, 1.54) is 0 Å². The monoisotopic (exact) mass is 543 g/mol. The maximum atomic E-state index is 12.6. The largest absolute Gasteiger partial charge is 0.493 e. The molecule has 0 radical (unpaired) electrons. The molecule has 0 aliphatic heterocycles. The number of nitrogens with one attached hydrogen (secondary N) is 1. The molecular formula is C24H22BrN3O3S2. The van der Waals surface area contributed by atoms with Crippen LogP contribution in [-0.4, -0.2) is 23.0 Å². The fourth-order valence-electron chi connectivity index (χ4n) is 3.18. The summed E-state index contributed by atoms with van der Waals surface area (Å²) in [4.78, 5) is 22.3. The zero-order valence-electron chi connectivity index (χ0n) is 18.1. The molecule has 0 aliphatic rings. The molecule has 0 spiro atoms. The highest BCUT2D eigenvalue weighted by atomic mass is 79.9. The van der Waals surface area contributed by atoms with Crippen molar-refractivity contribution in [1.82, 2.24) is 15.3 Å². The molecule has 9 heteroatoms. The van der Waals surface area contributed by atoms with Gasteiger partial charge in [0.15, 0.2) is 11.5 Å². The van der Waals surface area contributed by atoms with Crippen molar-refractivity contribution in [3.8, 4) is 21.4 Å². The molecule has 3 heterocycles. The zero-order valence-corrected chi connectivity index (χ0v) is 21.3. The fourth-order valence-corrected chi connectivity index (χ4v) is 5.46. The molecule has 0 aliphatic carbocycles. The van der Waals surface area contributed by atoms with Crippen LogP contribution >= 0.6 is 38.6 Å². The summed E-state index contributed by atoms with van der Waals surface area (Å²) in [5.41, 5.74) is 2.72. The van der Waals surface area contributed by atoms with E-state index in [4.69, 9.17) is 9.47 Å². The molecule has 33 heavy (non-hydrogen) atoms. The predicted octanol–water partition coefficient (Wildman–Crippen LogP) is 6.04. The van der Waals surface area contributed by atoms with Gasteiger partial charge in [-0.15, -0.1) is 22.7 Å². The van der Waals surface area contributed by atoms with Crippen molar-refractivity contribution in [2.75, 3.05) is 7.11 Å². The predicted molar refractivity (Wildman–Crippen MR) is 135 cm³/mol.